The van der Waals surface area contributed by atoms with Gasteiger partial charge in [-0.3, -0.25) is 4.79 Å². The Hall–Kier alpha value is -3.60. The molecule has 162 valence electrons. The number of anilines is 1. The van der Waals surface area contributed by atoms with Gasteiger partial charge in [0.25, 0.3) is 0 Å². The van der Waals surface area contributed by atoms with E-state index in [0.29, 0.717) is 11.0 Å². The molecule has 31 heavy (non-hydrogen) atoms. The SMILES string of the molecule is COC(=O)c1cc(NC(=O)CSc2nnc(-c3ccoc3C)n2C)cc(C(=O)OC)c1. The van der Waals surface area contributed by atoms with Gasteiger partial charge in [0.1, 0.15) is 5.76 Å². The molecule has 1 aromatic carbocycles. The lowest BCUT2D eigenvalue weighted by atomic mass is 10.1. The number of ether oxygens (including phenoxy) is 2. The summed E-state index contributed by atoms with van der Waals surface area (Å²) in [5.41, 5.74) is 1.31. The van der Waals surface area contributed by atoms with Gasteiger partial charge in [0, 0.05) is 12.7 Å². The summed E-state index contributed by atoms with van der Waals surface area (Å²) in [7, 11) is 4.24. The number of aryl methyl sites for hydroxylation is 1. The predicted octanol–water partition coefficient (Wildman–Crippen LogP) is 2.69. The van der Waals surface area contributed by atoms with E-state index >= 15 is 0 Å². The van der Waals surface area contributed by atoms with Crippen molar-refractivity contribution < 1.29 is 28.3 Å². The highest BCUT2D eigenvalue weighted by atomic mass is 32.2. The number of benzene rings is 1. The molecule has 3 rings (SSSR count). The number of carbonyl (C=O) groups is 3. The van der Waals surface area contributed by atoms with E-state index in [0.717, 1.165) is 11.3 Å². The van der Waals surface area contributed by atoms with E-state index in [4.69, 9.17) is 13.9 Å². The van der Waals surface area contributed by atoms with Crippen LogP contribution in [0.15, 0.2) is 40.1 Å². The van der Waals surface area contributed by atoms with Gasteiger partial charge in [-0.25, -0.2) is 9.59 Å². The van der Waals surface area contributed by atoms with Crippen molar-refractivity contribution in [2.24, 2.45) is 7.05 Å². The van der Waals surface area contributed by atoms with Crippen LogP contribution in [0.5, 0.6) is 0 Å². The lowest BCUT2D eigenvalue weighted by Gasteiger charge is -2.09. The molecule has 0 aliphatic carbocycles. The first-order chi connectivity index (χ1) is 14.8. The Balaban J connectivity index is 1.71. The van der Waals surface area contributed by atoms with Crippen molar-refractivity contribution in [2.45, 2.75) is 12.1 Å². The Morgan fingerprint density at radius 2 is 1.74 bits per heavy atom. The van der Waals surface area contributed by atoms with Crippen molar-refractivity contribution in [2.75, 3.05) is 25.3 Å². The van der Waals surface area contributed by atoms with Gasteiger partial charge in [-0.2, -0.15) is 0 Å². The average molecular weight is 444 g/mol. The van der Waals surface area contributed by atoms with Crippen molar-refractivity contribution in [1.29, 1.82) is 0 Å². The van der Waals surface area contributed by atoms with Gasteiger partial charge in [0.15, 0.2) is 11.0 Å². The van der Waals surface area contributed by atoms with Crippen molar-refractivity contribution in [3.8, 4) is 11.4 Å². The molecule has 0 saturated heterocycles. The third-order valence-electron chi connectivity index (χ3n) is 4.33. The van der Waals surface area contributed by atoms with Crippen LogP contribution in [0.25, 0.3) is 11.4 Å². The minimum Gasteiger partial charge on any atom is -0.469 e. The molecular formula is C20H20N4O6S. The minimum atomic E-state index is -0.642. The summed E-state index contributed by atoms with van der Waals surface area (Å²) < 4.78 is 16.4. The third kappa shape index (κ3) is 4.94. The second kappa shape index (κ2) is 9.47. The van der Waals surface area contributed by atoms with Gasteiger partial charge in [0.2, 0.25) is 5.91 Å². The summed E-state index contributed by atoms with van der Waals surface area (Å²) in [6.07, 6.45) is 1.57. The van der Waals surface area contributed by atoms with Crippen molar-refractivity contribution in [3.63, 3.8) is 0 Å². The van der Waals surface area contributed by atoms with E-state index in [2.05, 4.69) is 15.5 Å². The summed E-state index contributed by atoms with van der Waals surface area (Å²) in [6.45, 7) is 1.83. The van der Waals surface area contributed by atoms with Crippen molar-refractivity contribution in [1.82, 2.24) is 14.8 Å². The number of nitrogens with zero attached hydrogens (tertiary/aromatic N) is 3. The average Bonchev–Trinajstić information content (AvgIpc) is 3.35. The highest BCUT2D eigenvalue weighted by molar-refractivity contribution is 7.99. The first-order valence-electron chi connectivity index (χ1n) is 9.02. The molecule has 0 fully saturated rings. The van der Waals surface area contributed by atoms with E-state index in [9.17, 15) is 14.4 Å². The zero-order chi connectivity index (χ0) is 22.5. The number of hydrogen-bond donors (Lipinski definition) is 1. The van der Waals surface area contributed by atoms with Gasteiger partial charge < -0.3 is 23.8 Å². The van der Waals surface area contributed by atoms with E-state index in [1.807, 2.05) is 6.92 Å². The van der Waals surface area contributed by atoms with Crippen LogP contribution in [-0.4, -0.2) is 52.6 Å². The molecule has 0 bridgehead atoms. The molecule has 10 nitrogen and oxygen atoms in total. The molecule has 0 aliphatic heterocycles. The highest BCUT2D eigenvalue weighted by Crippen LogP contribution is 2.26. The summed E-state index contributed by atoms with van der Waals surface area (Å²) in [5, 5.41) is 11.5. The Labute approximate surface area is 181 Å². The zero-order valence-electron chi connectivity index (χ0n) is 17.3. The largest absolute Gasteiger partial charge is 0.469 e. The smallest absolute Gasteiger partial charge is 0.337 e. The molecule has 1 amide bonds. The minimum absolute atomic E-state index is 0.0341. The summed E-state index contributed by atoms with van der Waals surface area (Å²) in [4.78, 5) is 36.2. The Morgan fingerprint density at radius 3 is 2.29 bits per heavy atom. The van der Waals surface area contributed by atoms with Crippen LogP contribution in [-0.2, 0) is 21.3 Å². The lowest BCUT2D eigenvalue weighted by molar-refractivity contribution is -0.113. The molecule has 0 atom stereocenters. The number of nitrogens with one attached hydrogen (secondary N) is 1. The van der Waals surface area contributed by atoms with Crippen LogP contribution < -0.4 is 5.32 Å². The molecule has 0 saturated carbocycles. The molecule has 3 aromatic rings. The van der Waals surface area contributed by atoms with Crippen LogP contribution in [0.3, 0.4) is 0 Å². The fraction of sp³-hybridized carbons (Fsp3) is 0.250. The Morgan fingerprint density at radius 1 is 1.10 bits per heavy atom. The third-order valence-corrected chi connectivity index (χ3v) is 5.35. The molecule has 11 heteroatoms. The van der Waals surface area contributed by atoms with E-state index < -0.39 is 11.9 Å². The number of esters is 2. The molecule has 0 aliphatic rings. The fourth-order valence-corrected chi connectivity index (χ4v) is 3.50. The van der Waals surface area contributed by atoms with Gasteiger partial charge in [-0.1, -0.05) is 11.8 Å². The fourth-order valence-electron chi connectivity index (χ4n) is 2.79. The zero-order valence-corrected chi connectivity index (χ0v) is 18.1. The topological polar surface area (TPSA) is 126 Å². The van der Waals surface area contributed by atoms with Crippen molar-refractivity contribution >= 4 is 35.3 Å². The monoisotopic (exact) mass is 444 g/mol. The number of rotatable bonds is 7. The summed E-state index contributed by atoms with van der Waals surface area (Å²) in [5.74, 6) is -0.258. The maximum absolute atomic E-state index is 12.5. The lowest BCUT2D eigenvalue weighted by Crippen LogP contribution is -2.16. The maximum atomic E-state index is 12.5. The number of amides is 1. The number of methoxy groups -OCH3 is 2. The second-order valence-electron chi connectivity index (χ2n) is 6.37. The van der Waals surface area contributed by atoms with E-state index in [1.54, 1.807) is 23.9 Å². The van der Waals surface area contributed by atoms with E-state index in [-0.39, 0.29) is 28.5 Å². The quantitative estimate of drug-likeness (QED) is 0.432. The van der Waals surface area contributed by atoms with Gasteiger partial charge >= 0.3 is 11.9 Å². The summed E-state index contributed by atoms with van der Waals surface area (Å²) in [6, 6.07) is 5.97. The van der Waals surface area contributed by atoms with Crippen LogP contribution in [0.1, 0.15) is 26.5 Å². The molecule has 2 heterocycles. The molecule has 1 N–H and O–H groups in total. The number of aromatic nitrogens is 3. The molecule has 0 radical (unpaired) electrons. The maximum Gasteiger partial charge on any atom is 0.337 e. The molecule has 0 spiro atoms. The number of carbonyl (C=O) groups excluding carboxylic acids is 3. The Kier molecular flexibility index (Phi) is 6.75. The van der Waals surface area contributed by atoms with Crippen LogP contribution >= 0.6 is 11.8 Å². The highest BCUT2D eigenvalue weighted by Gasteiger charge is 2.17. The Bertz CT molecular complexity index is 1100. The molecule has 2 aromatic heterocycles. The van der Waals surface area contributed by atoms with Gasteiger partial charge in [0.05, 0.1) is 42.9 Å². The molecule has 0 unspecified atom stereocenters. The first-order valence-corrected chi connectivity index (χ1v) is 10.0. The van der Waals surface area contributed by atoms with Crippen LogP contribution in [0.2, 0.25) is 0 Å². The van der Waals surface area contributed by atoms with Crippen molar-refractivity contribution in [3.05, 3.63) is 47.4 Å². The summed E-state index contributed by atoms with van der Waals surface area (Å²) >= 11 is 1.19. The van der Waals surface area contributed by atoms with E-state index in [1.165, 1.54) is 44.2 Å². The standard InChI is InChI=1S/C20H20N4O6S/c1-11-15(5-6-30-11)17-22-23-20(24(17)2)31-10-16(25)21-14-8-12(18(26)28-3)7-13(9-14)19(27)29-4/h5-9H,10H2,1-4H3,(H,21,25). The first kappa shape index (κ1) is 22.1. The van der Waals surface area contributed by atoms with Gasteiger partial charge in [-0.05, 0) is 31.2 Å². The number of hydrogen-bond acceptors (Lipinski definition) is 9. The normalized spacial score (nSPS) is 10.6. The number of furan rings is 1. The number of thioether (sulfide) groups is 1. The second-order valence-corrected chi connectivity index (χ2v) is 7.32. The van der Waals surface area contributed by atoms with Crippen LogP contribution in [0.4, 0.5) is 5.69 Å². The van der Waals surface area contributed by atoms with Crippen LogP contribution in [0, 0.1) is 6.92 Å². The molecular weight excluding hydrogens is 424 g/mol. The van der Waals surface area contributed by atoms with Gasteiger partial charge in [-0.15, -0.1) is 10.2 Å². The predicted molar refractivity (Wildman–Crippen MR) is 112 cm³/mol.